The molecule has 1 amide bonds. The molecule has 3 atom stereocenters. The van der Waals surface area contributed by atoms with Gasteiger partial charge in [-0.1, -0.05) is 19.1 Å². The smallest absolute Gasteiger partial charge is 0.327 e. The van der Waals surface area contributed by atoms with Gasteiger partial charge in [-0.3, -0.25) is 4.79 Å². The summed E-state index contributed by atoms with van der Waals surface area (Å²) in [4.78, 5) is 25.5. The number of hydrogen-bond donors (Lipinski definition) is 2. The number of methoxy groups -OCH3 is 1. The van der Waals surface area contributed by atoms with Crippen LogP contribution < -0.4 is 4.74 Å². The summed E-state index contributed by atoms with van der Waals surface area (Å²) >= 11 is 5.62. The molecule has 1 aromatic rings. The van der Waals surface area contributed by atoms with Gasteiger partial charge in [-0.05, 0) is 17.7 Å². The molecule has 1 N–H and O–H groups in total. The molecular formula is C15H19NO4S2. The fourth-order valence-corrected chi connectivity index (χ4v) is 3.91. The lowest BCUT2D eigenvalue weighted by Gasteiger charge is -2.29. The maximum atomic E-state index is 12.6. The number of carbonyl (C=O) groups excluding carboxylic acids is 1. The van der Waals surface area contributed by atoms with E-state index >= 15 is 0 Å². The Morgan fingerprint density at radius 3 is 2.59 bits per heavy atom. The average molecular weight is 341 g/mol. The highest BCUT2D eigenvalue weighted by molar-refractivity contribution is 7.99. The molecule has 1 fully saturated rings. The summed E-state index contributed by atoms with van der Waals surface area (Å²) in [5.74, 6) is 0.0443. The molecular weight excluding hydrogens is 322 g/mol. The molecule has 0 spiro atoms. The third kappa shape index (κ3) is 3.35. The van der Waals surface area contributed by atoms with E-state index in [0.29, 0.717) is 11.5 Å². The number of carboxylic acid groups (broad SMARTS) is 1. The number of carbonyl (C=O) groups is 2. The normalized spacial score (nSPS) is 22.4. The Morgan fingerprint density at radius 1 is 1.45 bits per heavy atom. The van der Waals surface area contributed by atoms with Crippen LogP contribution in [0.2, 0.25) is 0 Å². The van der Waals surface area contributed by atoms with Crippen LogP contribution in [-0.2, 0) is 9.59 Å². The number of thioether (sulfide) groups is 1. The quantitative estimate of drug-likeness (QED) is 0.805. The number of amides is 1. The molecule has 1 aliphatic rings. The van der Waals surface area contributed by atoms with E-state index in [-0.39, 0.29) is 17.2 Å². The first-order valence-electron chi connectivity index (χ1n) is 6.91. The van der Waals surface area contributed by atoms with Crippen molar-refractivity contribution in [1.29, 1.82) is 0 Å². The number of benzene rings is 1. The zero-order valence-electron chi connectivity index (χ0n) is 12.4. The summed E-state index contributed by atoms with van der Waals surface area (Å²) in [6.07, 6.45) is 0. The standard InChI is InChI=1S/C15H19NO4S2/c1-9(7-21)13(17)16-12(15(18)19)8-22-14(16)10-3-5-11(20-2)6-4-10/h3-6,9,12,14,21H,7-8H2,1-2H3,(H,18,19)/t9-,12+,14?/m1/s1. The number of hydrogen-bond acceptors (Lipinski definition) is 5. The number of aliphatic carboxylic acids is 1. The molecule has 0 bridgehead atoms. The number of carboxylic acids is 1. The Bertz CT molecular complexity index is 549. The maximum Gasteiger partial charge on any atom is 0.327 e. The minimum Gasteiger partial charge on any atom is -0.497 e. The van der Waals surface area contributed by atoms with E-state index < -0.39 is 12.0 Å². The number of ether oxygens (including phenoxy) is 1. The molecule has 1 unspecified atom stereocenters. The molecule has 0 saturated carbocycles. The summed E-state index contributed by atoms with van der Waals surface area (Å²) in [5, 5.41) is 9.10. The van der Waals surface area contributed by atoms with E-state index in [0.717, 1.165) is 11.3 Å². The second-order valence-electron chi connectivity index (χ2n) is 5.14. The molecule has 2 rings (SSSR count). The highest BCUT2D eigenvalue weighted by Gasteiger charge is 2.43. The van der Waals surface area contributed by atoms with Crippen LogP contribution in [-0.4, -0.2) is 46.5 Å². The Kier molecular flexibility index (Phi) is 5.63. The van der Waals surface area contributed by atoms with Gasteiger partial charge < -0.3 is 14.7 Å². The van der Waals surface area contributed by atoms with Crippen molar-refractivity contribution >= 4 is 36.3 Å². The van der Waals surface area contributed by atoms with Crippen LogP contribution in [0.3, 0.4) is 0 Å². The van der Waals surface area contributed by atoms with Crippen LogP contribution in [0.1, 0.15) is 17.9 Å². The molecule has 120 valence electrons. The Morgan fingerprint density at radius 2 is 2.09 bits per heavy atom. The van der Waals surface area contributed by atoms with E-state index in [1.165, 1.54) is 16.7 Å². The van der Waals surface area contributed by atoms with Crippen LogP contribution >= 0.6 is 24.4 Å². The molecule has 0 aliphatic carbocycles. The van der Waals surface area contributed by atoms with Gasteiger partial charge in [-0.2, -0.15) is 12.6 Å². The monoisotopic (exact) mass is 341 g/mol. The first kappa shape index (κ1) is 17.0. The van der Waals surface area contributed by atoms with Crippen molar-refractivity contribution in [2.45, 2.75) is 18.3 Å². The van der Waals surface area contributed by atoms with Gasteiger partial charge in [0.25, 0.3) is 0 Å². The van der Waals surface area contributed by atoms with Crippen molar-refractivity contribution in [3.8, 4) is 5.75 Å². The SMILES string of the molecule is COc1ccc(C2SC[C@@H](C(=O)O)N2C(=O)[C@H](C)CS)cc1. The van der Waals surface area contributed by atoms with Crippen LogP contribution in [0, 0.1) is 5.92 Å². The average Bonchev–Trinajstić information content (AvgIpc) is 2.98. The van der Waals surface area contributed by atoms with Crippen molar-refractivity contribution in [2.24, 2.45) is 5.92 Å². The molecule has 0 radical (unpaired) electrons. The molecule has 22 heavy (non-hydrogen) atoms. The van der Waals surface area contributed by atoms with E-state index in [4.69, 9.17) is 4.74 Å². The van der Waals surface area contributed by atoms with Crippen molar-refractivity contribution < 1.29 is 19.4 Å². The maximum absolute atomic E-state index is 12.6. The second kappa shape index (κ2) is 7.28. The largest absolute Gasteiger partial charge is 0.497 e. The molecule has 5 nitrogen and oxygen atoms in total. The summed E-state index contributed by atoms with van der Waals surface area (Å²) in [7, 11) is 1.59. The third-order valence-electron chi connectivity index (χ3n) is 3.64. The predicted octanol–water partition coefficient (Wildman–Crippen LogP) is 2.29. The Labute approximate surface area is 139 Å². The van der Waals surface area contributed by atoms with E-state index in [2.05, 4.69) is 12.6 Å². The number of nitrogens with zero attached hydrogens (tertiary/aromatic N) is 1. The van der Waals surface area contributed by atoms with Gasteiger partial charge in [0.05, 0.1) is 7.11 Å². The van der Waals surface area contributed by atoms with Crippen LogP contribution in [0.5, 0.6) is 5.75 Å². The highest BCUT2D eigenvalue weighted by Crippen LogP contribution is 2.42. The summed E-state index contributed by atoms with van der Waals surface area (Å²) in [5.41, 5.74) is 0.897. The van der Waals surface area contributed by atoms with Crippen LogP contribution in [0.15, 0.2) is 24.3 Å². The lowest BCUT2D eigenvalue weighted by atomic mass is 10.1. The topological polar surface area (TPSA) is 66.8 Å². The van der Waals surface area contributed by atoms with Gasteiger partial charge in [-0.15, -0.1) is 11.8 Å². The van der Waals surface area contributed by atoms with Crippen molar-refractivity contribution in [1.82, 2.24) is 4.90 Å². The first-order chi connectivity index (χ1) is 10.5. The van der Waals surface area contributed by atoms with E-state index in [1.807, 2.05) is 24.3 Å². The van der Waals surface area contributed by atoms with Gasteiger partial charge in [0.2, 0.25) is 5.91 Å². The molecule has 1 aromatic carbocycles. The Hall–Kier alpha value is -1.34. The third-order valence-corrected chi connectivity index (χ3v) is 5.51. The molecule has 1 heterocycles. The van der Waals surface area contributed by atoms with Crippen LogP contribution in [0.25, 0.3) is 0 Å². The molecule has 1 aliphatic heterocycles. The van der Waals surface area contributed by atoms with Gasteiger partial charge in [-0.25, -0.2) is 4.79 Å². The second-order valence-corrected chi connectivity index (χ2v) is 6.62. The summed E-state index contributed by atoms with van der Waals surface area (Å²) < 4.78 is 5.13. The fraction of sp³-hybridized carbons (Fsp3) is 0.467. The fourth-order valence-electron chi connectivity index (χ4n) is 2.32. The van der Waals surface area contributed by atoms with Gasteiger partial charge >= 0.3 is 5.97 Å². The van der Waals surface area contributed by atoms with Gasteiger partial charge in [0, 0.05) is 17.4 Å². The van der Waals surface area contributed by atoms with Gasteiger partial charge in [0.15, 0.2) is 0 Å². The lowest BCUT2D eigenvalue weighted by molar-refractivity contribution is -0.150. The number of rotatable bonds is 5. The van der Waals surface area contributed by atoms with E-state index in [9.17, 15) is 14.7 Å². The van der Waals surface area contributed by atoms with Crippen LogP contribution in [0.4, 0.5) is 0 Å². The first-order valence-corrected chi connectivity index (χ1v) is 8.59. The van der Waals surface area contributed by atoms with Crippen molar-refractivity contribution in [3.63, 3.8) is 0 Å². The van der Waals surface area contributed by atoms with Gasteiger partial charge in [0.1, 0.15) is 17.2 Å². The van der Waals surface area contributed by atoms with Crippen molar-refractivity contribution in [2.75, 3.05) is 18.6 Å². The lowest BCUT2D eigenvalue weighted by Crippen LogP contribution is -2.45. The zero-order chi connectivity index (χ0) is 16.3. The highest BCUT2D eigenvalue weighted by atomic mass is 32.2. The Balaban J connectivity index is 2.31. The minimum atomic E-state index is -0.969. The predicted molar refractivity (Wildman–Crippen MR) is 89.5 cm³/mol. The zero-order valence-corrected chi connectivity index (χ0v) is 14.1. The summed E-state index contributed by atoms with van der Waals surface area (Å²) in [6.45, 7) is 1.77. The molecule has 1 saturated heterocycles. The molecule has 0 aromatic heterocycles. The van der Waals surface area contributed by atoms with Crippen molar-refractivity contribution in [3.05, 3.63) is 29.8 Å². The van der Waals surface area contributed by atoms with E-state index in [1.54, 1.807) is 14.0 Å². The summed E-state index contributed by atoms with van der Waals surface area (Å²) in [6, 6.07) is 6.56. The number of thiol groups is 1. The minimum absolute atomic E-state index is 0.173. The molecule has 7 heteroatoms.